The fourth-order valence-electron chi connectivity index (χ4n) is 8.61. The molecule has 4 heterocycles. The van der Waals surface area contributed by atoms with Gasteiger partial charge in [-0.2, -0.15) is 0 Å². The quantitative estimate of drug-likeness (QED) is 0.182. The molecule has 4 nitrogen and oxygen atoms in total. The van der Waals surface area contributed by atoms with Gasteiger partial charge in [0, 0.05) is 58.4 Å². The Morgan fingerprint density at radius 3 is 1.73 bits per heavy atom. The second kappa shape index (κ2) is 11.7. The summed E-state index contributed by atoms with van der Waals surface area (Å²) >= 11 is 1.87. The molecule has 55 heavy (non-hydrogen) atoms. The van der Waals surface area contributed by atoms with Gasteiger partial charge in [0.05, 0.1) is 27.6 Å². The number of hydrogen-bond donors (Lipinski definition) is 0. The molecule has 4 aromatic heterocycles. The summed E-state index contributed by atoms with van der Waals surface area (Å²) in [4.78, 5) is 10.6. The van der Waals surface area contributed by atoms with Gasteiger partial charge in [0.1, 0.15) is 5.82 Å². The smallest absolute Gasteiger partial charge is 0.162 e. The Morgan fingerprint density at radius 1 is 0.345 bits per heavy atom. The second-order valence-electron chi connectivity index (χ2n) is 14.2. The maximum Gasteiger partial charge on any atom is 0.162 e. The molecule has 0 radical (unpaired) electrons. The highest BCUT2D eigenvalue weighted by Crippen LogP contribution is 2.44. The van der Waals surface area contributed by atoms with Crippen LogP contribution in [0.1, 0.15) is 0 Å². The molecule has 8 aromatic carbocycles. The highest BCUT2D eigenvalue weighted by atomic mass is 32.1. The molecule has 0 N–H and O–H groups in total. The highest BCUT2D eigenvalue weighted by Gasteiger charge is 2.21. The van der Waals surface area contributed by atoms with Crippen LogP contribution in [0.5, 0.6) is 0 Å². The summed E-state index contributed by atoms with van der Waals surface area (Å²) in [5.74, 6) is 1.58. The van der Waals surface area contributed by atoms with Crippen LogP contribution in [0.15, 0.2) is 182 Å². The molecule has 0 atom stereocenters. The molecular formula is C50H30N4S. The van der Waals surface area contributed by atoms with Gasteiger partial charge in [-0.15, -0.1) is 11.3 Å². The van der Waals surface area contributed by atoms with Crippen molar-refractivity contribution >= 4 is 86.0 Å². The zero-order chi connectivity index (χ0) is 36.0. The first-order chi connectivity index (χ1) is 27.3. The van der Waals surface area contributed by atoms with Gasteiger partial charge < -0.3 is 4.57 Å². The topological polar surface area (TPSA) is 35.6 Å². The maximum atomic E-state index is 5.44. The van der Waals surface area contributed by atoms with Crippen molar-refractivity contribution in [2.24, 2.45) is 0 Å². The van der Waals surface area contributed by atoms with E-state index in [1.54, 1.807) is 0 Å². The van der Waals surface area contributed by atoms with Crippen molar-refractivity contribution in [2.75, 3.05) is 0 Å². The summed E-state index contributed by atoms with van der Waals surface area (Å²) in [6.07, 6.45) is 0. The Balaban J connectivity index is 1.14. The van der Waals surface area contributed by atoms with Gasteiger partial charge >= 0.3 is 0 Å². The van der Waals surface area contributed by atoms with Crippen molar-refractivity contribution < 1.29 is 0 Å². The summed E-state index contributed by atoms with van der Waals surface area (Å²) in [5, 5.41) is 8.48. The first kappa shape index (κ1) is 30.4. The molecule has 0 saturated carbocycles. The van der Waals surface area contributed by atoms with Gasteiger partial charge in [0.15, 0.2) is 5.82 Å². The minimum absolute atomic E-state index is 0.705. The molecule has 0 unspecified atom stereocenters. The van der Waals surface area contributed by atoms with Crippen molar-refractivity contribution in [1.82, 2.24) is 19.1 Å². The fraction of sp³-hybridized carbons (Fsp3) is 0. The van der Waals surface area contributed by atoms with Crippen molar-refractivity contribution in [2.45, 2.75) is 0 Å². The Bertz CT molecular complexity index is 3480. The Hall–Kier alpha value is -7.08. The third-order valence-corrected chi connectivity index (χ3v) is 12.2. The van der Waals surface area contributed by atoms with E-state index in [-0.39, 0.29) is 0 Å². The van der Waals surface area contributed by atoms with Gasteiger partial charge in [-0.1, -0.05) is 115 Å². The lowest BCUT2D eigenvalue weighted by Gasteiger charge is -2.13. The van der Waals surface area contributed by atoms with E-state index in [9.17, 15) is 0 Å². The normalized spacial score (nSPS) is 12.0. The standard InChI is InChI=1S/C50H30N4S/c1-3-14-31(15-4-1)32-16-13-17-33(26-32)49-51-42-23-10-7-22-37(42)50(52-49)54-44-25-12-9-21-36(44)39-29-47-41(28-45(39)54)40-27-38-35-20-8-11-24-43(35)53(34-18-5-2-6-19-34)46(38)30-48(40)55-47/h1-30H. The van der Waals surface area contributed by atoms with Crippen LogP contribution in [0.2, 0.25) is 0 Å². The lowest BCUT2D eigenvalue weighted by molar-refractivity contribution is 1.08. The molecule has 256 valence electrons. The first-order valence-corrected chi connectivity index (χ1v) is 19.4. The van der Waals surface area contributed by atoms with Crippen molar-refractivity contribution in [3.63, 3.8) is 0 Å². The lowest BCUT2D eigenvalue weighted by atomic mass is 10.0. The van der Waals surface area contributed by atoms with Crippen LogP contribution >= 0.6 is 11.3 Å². The summed E-state index contributed by atoms with van der Waals surface area (Å²) in [6, 6.07) is 65.2. The third kappa shape index (κ3) is 4.57. The summed E-state index contributed by atoms with van der Waals surface area (Å²) < 4.78 is 7.32. The van der Waals surface area contributed by atoms with Crippen molar-refractivity contribution in [1.29, 1.82) is 0 Å². The molecular weight excluding hydrogens is 689 g/mol. The van der Waals surface area contributed by atoms with Crippen LogP contribution in [0, 0.1) is 0 Å². The minimum atomic E-state index is 0.705. The summed E-state index contributed by atoms with van der Waals surface area (Å²) in [5.41, 5.74) is 10.1. The summed E-state index contributed by atoms with van der Waals surface area (Å²) in [6.45, 7) is 0. The fourth-order valence-corrected chi connectivity index (χ4v) is 9.75. The van der Waals surface area contributed by atoms with E-state index in [2.05, 4.69) is 191 Å². The van der Waals surface area contributed by atoms with E-state index < -0.39 is 0 Å². The van der Waals surface area contributed by atoms with Crippen LogP contribution in [-0.2, 0) is 0 Å². The number of para-hydroxylation sites is 4. The first-order valence-electron chi connectivity index (χ1n) is 18.6. The van der Waals surface area contributed by atoms with E-state index in [4.69, 9.17) is 9.97 Å². The van der Waals surface area contributed by atoms with E-state index in [1.165, 1.54) is 64.0 Å². The molecule has 0 fully saturated rings. The monoisotopic (exact) mass is 718 g/mol. The number of benzene rings is 8. The van der Waals surface area contributed by atoms with Crippen molar-refractivity contribution in [3.05, 3.63) is 182 Å². The Kier molecular flexibility index (Phi) is 6.47. The van der Waals surface area contributed by atoms with Crippen LogP contribution in [-0.4, -0.2) is 19.1 Å². The Morgan fingerprint density at radius 2 is 0.927 bits per heavy atom. The van der Waals surface area contributed by atoms with E-state index in [0.29, 0.717) is 5.82 Å². The van der Waals surface area contributed by atoms with Crippen LogP contribution in [0.25, 0.3) is 109 Å². The average Bonchev–Trinajstić information content (AvgIpc) is 3.88. The molecule has 0 aliphatic carbocycles. The zero-order valence-corrected chi connectivity index (χ0v) is 30.3. The third-order valence-electron chi connectivity index (χ3n) is 11.1. The van der Waals surface area contributed by atoms with E-state index in [1.807, 2.05) is 11.3 Å². The molecule has 0 amide bonds. The SMILES string of the molecule is c1ccc(-c2cccc(-c3nc(-n4c5ccccc5c5cc6sc7cc8c(cc7c6cc54)c4ccccc4n8-c4ccccc4)c4ccccc4n3)c2)cc1. The van der Waals surface area contributed by atoms with Gasteiger partial charge in [-0.05, 0) is 77.9 Å². The van der Waals surface area contributed by atoms with Gasteiger partial charge in [-0.3, -0.25) is 4.57 Å². The molecule has 12 aromatic rings. The number of nitrogens with zero attached hydrogens (tertiary/aromatic N) is 4. The van der Waals surface area contributed by atoms with E-state index in [0.717, 1.165) is 38.9 Å². The molecule has 0 bridgehead atoms. The predicted octanol–water partition coefficient (Wildman–Crippen LogP) is 13.5. The minimum Gasteiger partial charge on any atom is -0.309 e. The highest BCUT2D eigenvalue weighted by molar-refractivity contribution is 7.26. The number of rotatable bonds is 4. The average molecular weight is 719 g/mol. The molecule has 0 spiro atoms. The van der Waals surface area contributed by atoms with E-state index >= 15 is 0 Å². The molecule has 12 rings (SSSR count). The number of fused-ring (bicyclic) bond motifs is 10. The van der Waals surface area contributed by atoms with Gasteiger partial charge in [-0.25, -0.2) is 9.97 Å². The molecule has 0 aliphatic rings. The lowest BCUT2D eigenvalue weighted by Crippen LogP contribution is -2.02. The largest absolute Gasteiger partial charge is 0.309 e. The Labute approximate surface area is 319 Å². The number of thiophene rings is 1. The number of hydrogen-bond acceptors (Lipinski definition) is 3. The summed E-state index contributed by atoms with van der Waals surface area (Å²) in [7, 11) is 0. The molecule has 5 heteroatoms. The maximum absolute atomic E-state index is 5.44. The molecule has 0 saturated heterocycles. The predicted molar refractivity (Wildman–Crippen MR) is 232 cm³/mol. The van der Waals surface area contributed by atoms with Crippen LogP contribution in [0.3, 0.4) is 0 Å². The van der Waals surface area contributed by atoms with Crippen LogP contribution in [0.4, 0.5) is 0 Å². The van der Waals surface area contributed by atoms with Gasteiger partial charge in [0.2, 0.25) is 0 Å². The van der Waals surface area contributed by atoms with Gasteiger partial charge in [0.25, 0.3) is 0 Å². The second-order valence-corrected chi connectivity index (χ2v) is 15.3. The zero-order valence-electron chi connectivity index (χ0n) is 29.5. The van der Waals surface area contributed by atoms with Crippen LogP contribution < -0.4 is 0 Å². The molecule has 0 aliphatic heterocycles. The number of aromatic nitrogens is 4. The van der Waals surface area contributed by atoms with Crippen molar-refractivity contribution in [3.8, 4) is 34.0 Å².